The molecule has 0 spiro atoms. The predicted octanol–water partition coefficient (Wildman–Crippen LogP) is 2.51. The molecule has 1 aliphatic rings. The third-order valence-electron chi connectivity index (χ3n) is 4.68. The highest BCUT2D eigenvalue weighted by Crippen LogP contribution is 2.22. The van der Waals surface area contributed by atoms with E-state index < -0.39 is 0 Å². The Labute approximate surface area is 162 Å². The van der Waals surface area contributed by atoms with Gasteiger partial charge in [0.1, 0.15) is 11.6 Å². The number of pyridine rings is 1. The lowest BCUT2D eigenvalue weighted by molar-refractivity contribution is 0.0736. The van der Waals surface area contributed by atoms with Crippen molar-refractivity contribution in [2.24, 2.45) is 0 Å². The molecule has 9 nitrogen and oxygen atoms in total. The van der Waals surface area contributed by atoms with Gasteiger partial charge < -0.3 is 18.8 Å². The van der Waals surface area contributed by atoms with Crippen LogP contribution in [0.15, 0.2) is 33.4 Å². The molecule has 0 aliphatic carbocycles. The topological polar surface area (TPSA) is 101 Å². The Morgan fingerprint density at radius 3 is 2.46 bits per heavy atom. The number of aromatic nitrogens is 4. The lowest BCUT2D eigenvalue weighted by atomic mass is 10.2. The number of aryl methyl sites for hydroxylation is 1. The van der Waals surface area contributed by atoms with Gasteiger partial charge in [-0.05, 0) is 19.1 Å². The maximum Gasteiger partial charge on any atom is 0.276 e. The summed E-state index contributed by atoms with van der Waals surface area (Å²) >= 11 is 0. The third-order valence-corrected chi connectivity index (χ3v) is 4.68. The van der Waals surface area contributed by atoms with Crippen molar-refractivity contribution in [3.05, 3.63) is 41.7 Å². The molecular weight excluding hydrogens is 360 g/mol. The third kappa shape index (κ3) is 3.60. The van der Waals surface area contributed by atoms with Crippen molar-refractivity contribution in [3.63, 3.8) is 0 Å². The van der Waals surface area contributed by atoms with E-state index in [1.54, 1.807) is 24.1 Å². The van der Waals surface area contributed by atoms with E-state index >= 15 is 0 Å². The van der Waals surface area contributed by atoms with Crippen molar-refractivity contribution in [1.82, 2.24) is 25.2 Å². The number of hydrogen-bond acceptors (Lipinski definition) is 8. The van der Waals surface area contributed by atoms with E-state index in [-0.39, 0.29) is 11.8 Å². The summed E-state index contributed by atoms with van der Waals surface area (Å²) in [5.41, 5.74) is 1.17. The van der Waals surface area contributed by atoms with Crippen LogP contribution in [0.25, 0.3) is 11.4 Å². The fourth-order valence-electron chi connectivity index (χ4n) is 3.06. The van der Waals surface area contributed by atoms with Gasteiger partial charge in [0.15, 0.2) is 5.69 Å². The van der Waals surface area contributed by atoms with E-state index in [0.717, 1.165) is 11.4 Å². The highest BCUT2D eigenvalue weighted by atomic mass is 16.5. The van der Waals surface area contributed by atoms with Gasteiger partial charge in [-0.15, -0.1) is 0 Å². The average molecular weight is 382 g/mol. The molecule has 9 heteroatoms. The first-order chi connectivity index (χ1) is 13.5. The summed E-state index contributed by atoms with van der Waals surface area (Å²) in [6, 6.07) is 5.55. The Balaban J connectivity index is 1.38. The van der Waals surface area contributed by atoms with E-state index in [4.69, 9.17) is 9.05 Å². The van der Waals surface area contributed by atoms with Crippen LogP contribution in [0.4, 0.5) is 5.82 Å². The minimum atomic E-state index is -0.0992. The molecule has 1 amide bonds. The Morgan fingerprint density at radius 2 is 1.89 bits per heavy atom. The molecule has 0 radical (unpaired) electrons. The standard InChI is InChI=1S/C19H22N6O3/c1-12(2)18-21-17(23-28-18)14-4-5-16(20-11-14)24-6-8-25(9-7-24)19(26)15-10-13(3)27-22-15/h4-5,10-12H,6-9H2,1-3H3. The molecule has 3 aromatic rings. The van der Waals surface area contributed by atoms with Crippen molar-refractivity contribution in [3.8, 4) is 11.4 Å². The van der Waals surface area contributed by atoms with Gasteiger partial charge in [-0.2, -0.15) is 4.98 Å². The Hall–Kier alpha value is -3.23. The maximum absolute atomic E-state index is 12.5. The van der Waals surface area contributed by atoms with Crippen LogP contribution in [0, 0.1) is 6.92 Å². The summed E-state index contributed by atoms with van der Waals surface area (Å²) in [7, 11) is 0. The zero-order valence-electron chi connectivity index (χ0n) is 16.1. The Kier molecular flexibility index (Phi) is 4.81. The maximum atomic E-state index is 12.5. The fourth-order valence-corrected chi connectivity index (χ4v) is 3.06. The SMILES string of the molecule is Cc1cc(C(=O)N2CCN(c3ccc(-c4noc(C(C)C)n4)cn3)CC2)no1. The molecule has 0 bridgehead atoms. The van der Waals surface area contributed by atoms with E-state index in [1.807, 2.05) is 26.0 Å². The molecule has 1 saturated heterocycles. The number of anilines is 1. The summed E-state index contributed by atoms with van der Waals surface area (Å²) in [4.78, 5) is 25.3. The summed E-state index contributed by atoms with van der Waals surface area (Å²) < 4.78 is 10.2. The van der Waals surface area contributed by atoms with E-state index in [9.17, 15) is 4.79 Å². The minimum absolute atomic E-state index is 0.0992. The number of amides is 1. The molecule has 0 N–H and O–H groups in total. The van der Waals surface area contributed by atoms with Crippen LogP contribution in [-0.4, -0.2) is 57.3 Å². The molecule has 3 aromatic heterocycles. The lowest BCUT2D eigenvalue weighted by Crippen LogP contribution is -2.49. The van der Waals surface area contributed by atoms with Crippen LogP contribution in [0.2, 0.25) is 0 Å². The van der Waals surface area contributed by atoms with Gasteiger partial charge >= 0.3 is 0 Å². The second kappa shape index (κ2) is 7.41. The van der Waals surface area contributed by atoms with Crippen molar-refractivity contribution in [1.29, 1.82) is 0 Å². The number of carbonyl (C=O) groups is 1. The summed E-state index contributed by atoms with van der Waals surface area (Å²) in [6.45, 7) is 8.41. The fraction of sp³-hybridized carbons (Fsp3) is 0.421. The van der Waals surface area contributed by atoms with Crippen LogP contribution in [-0.2, 0) is 0 Å². The smallest absolute Gasteiger partial charge is 0.276 e. The predicted molar refractivity (Wildman–Crippen MR) is 101 cm³/mol. The van der Waals surface area contributed by atoms with Crippen LogP contribution < -0.4 is 4.90 Å². The highest BCUT2D eigenvalue weighted by Gasteiger charge is 2.25. The largest absolute Gasteiger partial charge is 0.361 e. The summed E-state index contributed by atoms with van der Waals surface area (Å²) in [5.74, 6) is 2.74. The monoisotopic (exact) mass is 382 g/mol. The second-order valence-electron chi connectivity index (χ2n) is 7.12. The van der Waals surface area contributed by atoms with Gasteiger partial charge in [0.05, 0.1) is 0 Å². The lowest BCUT2D eigenvalue weighted by Gasteiger charge is -2.35. The molecular formula is C19H22N6O3. The molecule has 28 heavy (non-hydrogen) atoms. The van der Waals surface area contributed by atoms with Gasteiger partial charge in [0.25, 0.3) is 5.91 Å². The number of carbonyl (C=O) groups excluding carboxylic acids is 1. The molecule has 1 fully saturated rings. The number of hydrogen-bond donors (Lipinski definition) is 0. The van der Waals surface area contributed by atoms with E-state index in [1.165, 1.54) is 0 Å². The van der Waals surface area contributed by atoms with Crippen LogP contribution in [0.5, 0.6) is 0 Å². The van der Waals surface area contributed by atoms with Crippen molar-refractivity contribution >= 4 is 11.7 Å². The molecule has 4 rings (SSSR count). The summed E-state index contributed by atoms with van der Waals surface area (Å²) in [6.07, 6.45) is 1.75. The Morgan fingerprint density at radius 1 is 1.11 bits per heavy atom. The first-order valence-corrected chi connectivity index (χ1v) is 9.29. The number of piperazine rings is 1. The molecule has 146 valence electrons. The van der Waals surface area contributed by atoms with Gasteiger partial charge in [-0.25, -0.2) is 4.98 Å². The van der Waals surface area contributed by atoms with E-state index in [0.29, 0.717) is 49.3 Å². The molecule has 4 heterocycles. The molecule has 0 aromatic carbocycles. The first kappa shape index (κ1) is 18.1. The number of nitrogens with zero attached hydrogens (tertiary/aromatic N) is 6. The minimum Gasteiger partial charge on any atom is -0.361 e. The first-order valence-electron chi connectivity index (χ1n) is 9.29. The van der Waals surface area contributed by atoms with Gasteiger partial charge in [-0.3, -0.25) is 4.79 Å². The van der Waals surface area contributed by atoms with Gasteiger partial charge in [0.2, 0.25) is 11.7 Å². The van der Waals surface area contributed by atoms with Gasteiger partial charge in [-0.1, -0.05) is 24.2 Å². The average Bonchev–Trinajstić information content (AvgIpc) is 3.37. The zero-order chi connectivity index (χ0) is 19.7. The Bertz CT molecular complexity index is 954. The van der Waals surface area contributed by atoms with Crippen molar-refractivity contribution in [2.75, 3.05) is 31.1 Å². The summed E-state index contributed by atoms with van der Waals surface area (Å²) in [5, 5.41) is 7.82. The highest BCUT2D eigenvalue weighted by molar-refractivity contribution is 5.92. The molecule has 0 unspecified atom stereocenters. The zero-order valence-corrected chi connectivity index (χ0v) is 16.1. The van der Waals surface area contributed by atoms with Crippen LogP contribution in [0.3, 0.4) is 0 Å². The van der Waals surface area contributed by atoms with Crippen molar-refractivity contribution in [2.45, 2.75) is 26.7 Å². The number of rotatable bonds is 4. The van der Waals surface area contributed by atoms with Gasteiger partial charge in [0, 0.05) is 49.9 Å². The molecule has 0 atom stereocenters. The molecule has 0 saturated carbocycles. The molecule has 1 aliphatic heterocycles. The van der Waals surface area contributed by atoms with Crippen LogP contribution in [0.1, 0.15) is 41.9 Å². The van der Waals surface area contributed by atoms with E-state index in [2.05, 4.69) is 25.2 Å². The quantitative estimate of drug-likeness (QED) is 0.678. The second-order valence-corrected chi connectivity index (χ2v) is 7.12. The normalized spacial score (nSPS) is 14.7. The van der Waals surface area contributed by atoms with Crippen LogP contribution >= 0.6 is 0 Å². The van der Waals surface area contributed by atoms with Crippen molar-refractivity contribution < 1.29 is 13.8 Å².